The normalized spacial score (nSPS) is 39.2. The summed E-state index contributed by atoms with van der Waals surface area (Å²) in [7, 11) is 0. The summed E-state index contributed by atoms with van der Waals surface area (Å²) < 4.78 is 6.09. The molecule has 3 fully saturated rings. The van der Waals surface area contributed by atoms with E-state index in [-0.39, 0.29) is 18.1 Å². The van der Waals surface area contributed by atoms with E-state index in [1.807, 2.05) is 23.5 Å². The molecule has 0 saturated carbocycles. The molecule has 3 unspecified atom stereocenters. The molecule has 114 valence electrons. The first-order valence-electron chi connectivity index (χ1n) is 7.46. The molecular formula is C14H23NO3S2. The van der Waals surface area contributed by atoms with Crippen molar-refractivity contribution in [2.75, 3.05) is 36.2 Å². The Morgan fingerprint density at radius 3 is 3.05 bits per heavy atom. The Morgan fingerprint density at radius 2 is 2.30 bits per heavy atom. The largest absolute Gasteiger partial charge is 0.481 e. The Labute approximate surface area is 129 Å². The van der Waals surface area contributed by atoms with Gasteiger partial charge in [0.2, 0.25) is 0 Å². The van der Waals surface area contributed by atoms with Crippen LogP contribution >= 0.6 is 23.5 Å². The molecule has 0 radical (unpaired) electrons. The van der Waals surface area contributed by atoms with Crippen molar-refractivity contribution >= 4 is 29.5 Å². The minimum atomic E-state index is -0.666. The highest BCUT2D eigenvalue weighted by atomic mass is 32.2. The van der Waals surface area contributed by atoms with E-state index in [0.717, 1.165) is 43.3 Å². The first kappa shape index (κ1) is 15.0. The Morgan fingerprint density at radius 1 is 1.40 bits per heavy atom. The zero-order valence-corrected chi connectivity index (χ0v) is 13.4. The number of hydrogen-bond acceptors (Lipinski definition) is 5. The lowest BCUT2D eigenvalue weighted by Gasteiger charge is -2.46. The molecule has 0 amide bonds. The van der Waals surface area contributed by atoms with Crippen LogP contribution in [0.5, 0.6) is 0 Å². The van der Waals surface area contributed by atoms with Gasteiger partial charge in [-0.15, -0.1) is 0 Å². The van der Waals surface area contributed by atoms with E-state index in [0.29, 0.717) is 6.04 Å². The molecular weight excluding hydrogens is 294 g/mol. The van der Waals surface area contributed by atoms with Crippen LogP contribution in [0.3, 0.4) is 0 Å². The molecule has 3 rings (SSSR count). The Bertz CT molecular complexity index is 360. The van der Waals surface area contributed by atoms with Gasteiger partial charge >= 0.3 is 5.97 Å². The number of rotatable bonds is 3. The molecule has 3 aliphatic rings. The first-order valence-corrected chi connectivity index (χ1v) is 9.76. The fourth-order valence-electron chi connectivity index (χ4n) is 3.67. The molecule has 3 saturated heterocycles. The van der Waals surface area contributed by atoms with E-state index < -0.39 is 5.97 Å². The molecule has 3 heterocycles. The summed E-state index contributed by atoms with van der Waals surface area (Å²) in [5.41, 5.74) is 0.0892. The van der Waals surface area contributed by atoms with E-state index in [2.05, 4.69) is 4.90 Å². The lowest BCUT2D eigenvalue weighted by atomic mass is 9.88. The monoisotopic (exact) mass is 317 g/mol. The van der Waals surface area contributed by atoms with Gasteiger partial charge in [0.15, 0.2) is 0 Å². The third kappa shape index (κ3) is 3.29. The zero-order valence-electron chi connectivity index (χ0n) is 11.8. The van der Waals surface area contributed by atoms with Gasteiger partial charge in [0.25, 0.3) is 0 Å². The highest BCUT2D eigenvalue weighted by Gasteiger charge is 2.43. The molecule has 3 aliphatic heterocycles. The standard InChI is InChI=1S/C14H23NO3S2/c16-13(17)7-12-9-19-6-3-15(12)11-1-4-18-14(8-11)2-5-20-10-14/h11-12H,1-10H2,(H,16,17). The van der Waals surface area contributed by atoms with Crippen LogP contribution in [0.25, 0.3) is 0 Å². The Kier molecular flexibility index (Phi) is 4.85. The Balaban J connectivity index is 1.67. The second-order valence-electron chi connectivity index (χ2n) is 6.05. The summed E-state index contributed by atoms with van der Waals surface area (Å²) in [5, 5.41) is 9.12. The topological polar surface area (TPSA) is 49.8 Å². The second kappa shape index (κ2) is 6.46. The van der Waals surface area contributed by atoms with Crippen molar-refractivity contribution in [1.29, 1.82) is 0 Å². The second-order valence-corrected chi connectivity index (χ2v) is 8.30. The number of nitrogens with zero attached hydrogens (tertiary/aromatic N) is 1. The van der Waals surface area contributed by atoms with Crippen LogP contribution < -0.4 is 0 Å². The van der Waals surface area contributed by atoms with Gasteiger partial charge in [-0.2, -0.15) is 23.5 Å². The molecule has 0 aromatic rings. The zero-order chi connectivity index (χ0) is 14.0. The number of ether oxygens (including phenoxy) is 1. The van der Waals surface area contributed by atoms with Gasteiger partial charge in [-0.1, -0.05) is 0 Å². The lowest BCUT2D eigenvalue weighted by molar-refractivity contribution is -0.139. The van der Waals surface area contributed by atoms with Crippen LogP contribution in [0.2, 0.25) is 0 Å². The van der Waals surface area contributed by atoms with Crippen LogP contribution in [0.1, 0.15) is 25.7 Å². The molecule has 3 atom stereocenters. The average Bonchev–Trinajstić information content (AvgIpc) is 2.87. The molecule has 1 spiro atoms. The molecule has 0 aromatic heterocycles. The third-order valence-electron chi connectivity index (χ3n) is 4.69. The summed E-state index contributed by atoms with van der Waals surface area (Å²) >= 11 is 3.89. The number of thioether (sulfide) groups is 2. The molecule has 4 nitrogen and oxygen atoms in total. The van der Waals surface area contributed by atoms with Gasteiger partial charge < -0.3 is 9.84 Å². The van der Waals surface area contributed by atoms with Gasteiger partial charge in [0.1, 0.15) is 0 Å². The van der Waals surface area contributed by atoms with Crippen LogP contribution in [-0.4, -0.2) is 69.8 Å². The van der Waals surface area contributed by atoms with Crippen LogP contribution in [0.15, 0.2) is 0 Å². The average molecular weight is 317 g/mol. The summed E-state index contributed by atoms with van der Waals surface area (Å²) in [6.45, 7) is 1.88. The molecule has 6 heteroatoms. The van der Waals surface area contributed by atoms with Gasteiger partial charge in [0.05, 0.1) is 12.0 Å². The quantitative estimate of drug-likeness (QED) is 0.858. The van der Waals surface area contributed by atoms with Gasteiger partial charge in [0, 0.05) is 42.5 Å². The Hall–Kier alpha value is 0.0900. The summed E-state index contributed by atoms with van der Waals surface area (Å²) in [5.74, 6) is 3.76. The molecule has 0 aromatic carbocycles. The van der Waals surface area contributed by atoms with Crippen molar-refractivity contribution < 1.29 is 14.6 Å². The van der Waals surface area contributed by atoms with Crippen LogP contribution in [0.4, 0.5) is 0 Å². The van der Waals surface area contributed by atoms with Gasteiger partial charge in [-0.25, -0.2) is 0 Å². The number of carboxylic acids is 1. The minimum absolute atomic E-state index is 0.0892. The molecule has 0 bridgehead atoms. The van der Waals surface area contributed by atoms with Crippen molar-refractivity contribution in [2.45, 2.75) is 43.4 Å². The van der Waals surface area contributed by atoms with Gasteiger partial charge in [-0.05, 0) is 25.0 Å². The first-order chi connectivity index (χ1) is 9.69. The molecule has 0 aliphatic carbocycles. The summed E-state index contributed by atoms with van der Waals surface area (Å²) in [6, 6.07) is 0.730. The van der Waals surface area contributed by atoms with Gasteiger partial charge in [-0.3, -0.25) is 9.69 Å². The third-order valence-corrected chi connectivity index (χ3v) is 7.00. The lowest BCUT2D eigenvalue weighted by Crippen LogP contribution is -2.55. The predicted octanol–water partition coefficient (Wildman–Crippen LogP) is 1.93. The SMILES string of the molecule is O=C(O)CC1CSCCN1C1CCOC2(CCSC2)C1. The van der Waals surface area contributed by atoms with Crippen molar-refractivity contribution in [3.8, 4) is 0 Å². The fraction of sp³-hybridized carbons (Fsp3) is 0.929. The molecule has 1 N–H and O–H groups in total. The van der Waals surface area contributed by atoms with E-state index in [9.17, 15) is 4.79 Å². The van der Waals surface area contributed by atoms with E-state index in [1.54, 1.807) is 0 Å². The smallest absolute Gasteiger partial charge is 0.304 e. The van der Waals surface area contributed by atoms with Crippen LogP contribution in [-0.2, 0) is 9.53 Å². The van der Waals surface area contributed by atoms with Crippen molar-refractivity contribution in [2.24, 2.45) is 0 Å². The van der Waals surface area contributed by atoms with E-state index >= 15 is 0 Å². The number of aliphatic carboxylic acids is 1. The highest BCUT2D eigenvalue weighted by molar-refractivity contribution is 7.99. The maximum absolute atomic E-state index is 11.1. The molecule has 20 heavy (non-hydrogen) atoms. The fourth-order valence-corrected chi connectivity index (χ4v) is 6.14. The number of carbonyl (C=O) groups is 1. The maximum Gasteiger partial charge on any atom is 0.304 e. The maximum atomic E-state index is 11.1. The summed E-state index contributed by atoms with van der Waals surface area (Å²) in [4.78, 5) is 13.6. The van der Waals surface area contributed by atoms with E-state index in [1.165, 1.54) is 12.2 Å². The van der Waals surface area contributed by atoms with Crippen molar-refractivity contribution in [1.82, 2.24) is 4.90 Å². The van der Waals surface area contributed by atoms with Crippen molar-refractivity contribution in [3.05, 3.63) is 0 Å². The van der Waals surface area contributed by atoms with Crippen molar-refractivity contribution in [3.63, 3.8) is 0 Å². The predicted molar refractivity (Wildman–Crippen MR) is 83.7 cm³/mol. The highest BCUT2D eigenvalue weighted by Crippen LogP contribution is 2.40. The number of carboxylic acid groups (broad SMARTS) is 1. The number of hydrogen-bond donors (Lipinski definition) is 1. The minimum Gasteiger partial charge on any atom is -0.481 e. The summed E-state index contributed by atoms with van der Waals surface area (Å²) in [6.07, 6.45) is 3.61. The van der Waals surface area contributed by atoms with E-state index in [4.69, 9.17) is 9.84 Å². The van der Waals surface area contributed by atoms with Crippen LogP contribution in [0, 0.1) is 0 Å².